The van der Waals surface area contributed by atoms with Gasteiger partial charge >= 0.3 is 0 Å². The first-order valence-electron chi connectivity index (χ1n) is 5.54. The Kier molecular flexibility index (Phi) is 5.60. The Balaban J connectivity index is 2.02. The van der Waals surface area contributed by atoms with Crippen LogP contribution in [0.1, 0.15) is 0 Å². The summed E-state index contributed by atoms with van der Waals surface area (Å²) in [6.07, 6.45) is 0. The van der Waals surface area contributed by atoms with Crippen molar-refractivity contribution in [2.24, 2.45) is 0 Å². The quantitative estimate of drug-likeness (QED) is 0.589. The van der Waals surface area contributed by atoms with E-state index in [-0.39, 0.29) is 5.91 Å². The first-order chi connectivity index (χ1) is 7.22. The fourth-order valence-electron chi connectivity index (χ4n) is 1.65. The summed E-state index contributed by atoms with van der Waals surface area (Å²) in [6, 6.07) is 0. The van der Waals surface area contributed by atoms with E-state index in [1.54, 1.807) is 7.05 Å². The standard InChI is InChI=1S/C10H22N4O/c1-11-9-10(15)12-3-4-14-7-5-13(2)6-8-14/h11H,3-9H2,1-2H3,(H,12,15). The van der Waals surface area contributed by atoms with Crippen LogP contribution >= 0.6 is 0 Å². The predicted molar refractivity (Wildman–Crippen MR) is 60.9 cm³/mol. The van der Waals surface area contributed by atoms with Crippen molar-refractivity contribution in [1.82, 2.24) is 20.4 Å². The Morgan fingerprint density at radius 2 is 1.93 bits per heavy atom. The molecule has 1 aliphatic rings. The van der Waals surface area contributed by atoms with E-state index >= 15 is 0 Å². The molecule has 88 valence electrons. The van der Waals surface area contributed by atoms with Crippen LogP contribution in [0.15, 0.2) is 0 Å². The van der Waals surface area contributed by atoms with Gasteiger partial charge in [0, 0.05) is 39.3 Å². The summed E-state index contributed by atoms with van der Waals surface area (Å²) in [6.45, 7) is 6.60. The van der Waals surface area contributed by atoms with Gasteiger partial charge in [0.2, 0.25) is 5.91 Å². The smallest absolute Gasteiger partial charge is 0.233 e. The summed E-state index contributed by atoms with van der Waals surface area (Å²) in [5.41, 5.74) is 0. The minimum absolute atomic E-state index is 0.0756. The van der Waals surface area contributed by atoms with Gasteiger partial charge in [-0.25, -0.2) is 0 Å². The topological polar surface area (TPSA) is 47.6 Å². The number of carbonyl (C=O) groups excluding carboxylic acids is 1. The van der Waals surface area contributed by atoms with Crippen molar-refractivity contribution in [3.05, 3.63) is 0 Å². The number of nitrogens with one attached hydrogen (secondary N) is 2. The monoisotopic (exact) mass is 214 g/mol. The lowest BCUT2D eigenvalue weighted by molar-refractivity contribution is -0.120. The number of piperazine rings is 1. The van der Waals surface area contributed by atoms with Crippen LogP contribution in [0, 0.1) is 0 Å². The molecule has 0 aromatic heterocycles. The Labute approximate surface area is 91.8 Å². The van der Waals surface area contributed by atoms with Crippen molar-refractivity contribution in [2.75, 3.05) is 59.9 Å². The normalized spacial score (nSPS) is 19.1. The molecular weight excluding hydrogens is 192 g/mol. The average Bonchev–Trinajstić information content (AvgIpc) is 2.21. The predicted octanol–water partition coefficient (Wildman–Crippen LogP) is -1.43. The molecule has 2 N–H and O–H groups in total. The van der Waals surface area contributed by atoms with Gasteiger partial charge in [-0.2, -0.15) is 0 Å². The Morgan fingerprint density at radius 1 is 1.27 bits per heavy atom. The highest BCUT2D eigenvalue weighted by molar-refractivity contribution is 5.77. The number of carbonyl (C=O) groups is 1. The molecule has 0 unspecified atom stereocenters. The van der Waals surface area contributed by atoms with Crippen molar-refractivity contribution < 1.29 is 4.79 Å². The SMILES string of the molecule is CNCC(=O)NCCN1CCN(C)CC1. The summed E-state index contributed by atoms with van der Waals surface area (Å²) in [7, 11) is 3.92. The van der Waals surface area contributed by atoms with Crippen LogP contribution in [0.2, 0.25) is 0 Å². The Morgan fingerprint density at radius 3 is 2.53 bits per heavy atom. The van der Waals surface area contributed by atoms with Crippen molar-refractivity contribution >= 4 is 5.91 Å². The molecular formula is C10H22N4O. The number of amides is 1. The van der Waals surface area contributed by atoms with Crippen molar-refractivity contribution in [3.63, 3.8) is 0 Å². The molecule has 5 nitrogen and oxygen atoms in total. The maximum absolute atomic E-state index is 11.1. The molecule has 0 radical (unpaired) electrons. The number of likely N-dealkylation sites (N-methyl/N-ethyl adjacent to an activating group) is 2. The Bertz CT molecular complexity index is 190. The van der Waals surface area contributed by atoms with Crippen LogP contribution < -0.4 is 10.6 Å². The maximum Gasteiger partial charge on any atom is 0.233 e. The van der Waals surface area contributed by atoms with E-state index in [9.17, 15) is 4.79 Å². The van der Waals surface area contributed by atoms with Crippen LogP contribution in [0.25, 0.3) is 0 Å². The first kappa shape index (κ1) is 12.4. The average molecular weight is 214 g/mol. The third-order valence-corrected chi connectivity index (χ3v) is 2.68. The second-order valence-corrected chi connectivity index (χ2v) is 4.03. The number of hydrogen-bond acceptors (Lipinski definition) is 4. The third kappa shape index (κ3) is 5.11. The highest BCUT2D eigenvalue weighted by atomic mass is 16.1. The van der Waals surface area contributed by atoms with Crippen LogP contribution in [0.4, 0.5) is 0 Å². The van der Waals surface area contributed by atoms with E-state index in [1.165, 1.54) is 0 Å². The fraction of sp³-hybridized carbons (Fsp3) is 0.900. The summed E-state index contributed by atoms with van der Waals surface area (Å²) in [5, 5.41) is 5.71. The van der Waals surface area contributed by atoms with Gasteiger partial charge < -0.3 is 15.5 Å². The van der Waals surface area contributed by atoms with Gasteiger partial charge in [-0.15, -0.1) is 0 Å². The molecule has 0 spiro atoms. The molecule has 0 bridgehead atoms. The molecule has 0 aliphatic carbocycles. The fourth-order valence-corrected chi connectivity index (χ4v) is 1.65. The van der Waals surface area contributed by atoms with Gasteiger partial charge in [0.05, 0.1) is 6.54 Å². The summed E-state index contributed by atoms with van der Waals surface area (Å²) < 4.78 is 0. The minimum atomic E-state index is 0.0756. The molecule has 1 fully saturated rings. The molecule has 1 amide bonds. The molecule has 5 heteroatoms. The molecule has 15 heavy (non-hydrogen) atoms. The van der Waals surface area contributed by atoms with Crippen molar-refractivity contribution in [2.45, 2.75) is 0 Å². The van der Waals surface area contributed by atoms with E-state index in [0.29, 0.717) is 6.54 Å². The second kappa shape index (κ2) is 6.76. The number of rotatable bonds is 5. The van der Waals surface area contributed by atoms with E-state index < -0.39 is 0 Å². The van der Waals surface area contributed by atoms with Crippen molar-refractivity contribution in [3.8, 4) is 0 Å². The zero-order valence-corrected chi connectivity index (χ0v) is 9.75. The van der Waals surface area contributed by atoms with Crippen LogP contribution in [-0.4, -0.2) is 75.6 Å². The lowest BCUT2D eigenvalue weighted by Crippen LogP contribution is -2.47. The highest BCUT2D eigenvalue weighted by Gasteiger charge is 2.12. The summed E-state index contributed by atoms with van der Waals surface area (Å²) >= 11 is 0. The molecule has 1 heterocycles. The van der Waals surface area contributed by atoms with Crippen LogP contribution in [-0.2, 0) is 4.79 Å². The van der Waals surface area contributed by atoms with Crippen LogP contribution in [0.5, 0.6) is 0 Å². The molecule has 0 atom stereocenters. The lowest BCUT2D eigenvalue weighted by atomic mass is 10.3. The van der Waals surface area contributed by atoms with Gasteiger partial charge in [0.1, 0.15) is 0 Å². The largest absolute Gasteiger partial charge is 0.354 e. The molecule has 1 saturated heterocycles. The Hall–Kier alpha value is -0.650. The van der Waals surface area contributed by atoms with E-state index in [4.69, 9.17) is 0 Å². The van der Waals surface area contributed by atoms with E-state index in [0.717, 1.165) is 39.3 Å². The molecule has 1 rings (SSSR count). The summed E-state index contributed by atoms with van der Waals surface area (Å²) in [4.78, 5) is 15.9. The lowest BCUT2D eigenvalue weighted by Gasteiger charge is -2.32. The van der Waals surface area contributed by atoms with Gasteiger partial charge in [-0.05, 0) is 14.1 Å². The minimum Gasteiger partial charge on any atom is -0.354 e. The molecule has 0 saturated carbocycles. The highest BCUT2D eigenvalue weighted by Crippen LogP contribution is 1.97. The van der Waals surface area contributed by atoms with Gasteiger partial charge in [-0.1, -0.05) is 0 Å². The zero-order chi connectivity index (χ0) is 11.1. The van der Waals surface area contributed by atoms with E-state index in [2.05, 4.69) is 27.5 Å². The first-order valence-corrected chi connectivity index (χ1v) is 5.54. The third-order valence-electron chi connectivity index (χ3n) is 2.68. The van der Waals surface area contributed by atoms with E-state index in [1.807, 2.05) is 0 Å². The molecule has 1 aliphatic heterocycles. The van der Waals surface area contributed by atoms with Gasteiger partial charge in [0.15, 0.2) is 0 Å². The number of nitrogens with zero attached hydrogens (tertiary/aromatic N) is 2. The van der Waals surface area contributed by atoms with Crippen molar-refractivity contribution in [1.29, 1.82) is 0 Å². The van der Waals surface area contributed by atoms with Gasteiger partial charge in [0.25, 0.3) is 0 Å². The molecule has 0 aromatic carbocycles. The zero-order valence-electron chi connectivity index (χ0n) is 9.75. The maximum atomic E-state index is 11.1. The second-order valence-electron chi connectivity index (χ2n) is 4.03. The van der Waals surface area contributed by atoms with Crippen LogP contribution in [0.3, 0.4) is 0 Å². The number of hydrogen-bond donors (Lipinski definition) is 2. The molecule has 0 aromatic rings. The van der Waals surface area contributed by atoms with Gasteiger partial charge in [-0.3, -0.25) is 9.69 Å². The summed E-state index contributed by atoms with van der Waals surface area (Å²) in [5.74, 6) is 0.0756.